The van der Waals surface area contributed by atoms with Gasteiger partial charge in [-0.15, -0.1) is 0 Å². The Hall–Kier alpha value is -2.81. The van der Waals surface area contributed by atoms with Crippen LogP contribution in [0.5, 0.6) is 0 Å². The molecule has 0 saturated heterocycles. The average molecular weight is 291 g/mol. The highest BCUT2D eigenvalue weighted by atomic mass is 19.1. The highest BCUT2D eigenvalue weighted by molar-refractivity contribution is 6.09. The van der Waals surface area contributed by atoms with Crippen LogP contribution in [0, 0.1) is 5.82 Å². The lowest BCUT2D eigenvalue weighted by Gasteiger charge is -2.20. The van der Waals surface area contributed by atoms with Gasteiger partial charge >= 0.3 is 0 Å². The van der Waals surface area contributed by atoms with Gasteiger partial charge in [-0.2, -0.15) is 0 Å². The Morgan fingerprint density at radius 2 is 1.45 bits per heavy atom. The van der Waals surface area contributed by atoms with Gasteiger partial charge in [0.1, 0.15) is 11.4 Å². The van der Waals surface area contributed by atoms with Crippen molar-refractivity contribution in [1.29, 1.82) is 0 Å². The number of fused-ring (bicyclic) bond motifs is 3. The van der Waals surface area contributed by atoms with Crippen LogP contribution >= 0.6 is 0 Å². The molecular formula is C19H14FNO. The Balaban J connectivity index is 1.97. The molecule has 22 heavy (non-hydrogen) atoms. The van der Waals surface area contributed by atoms with E-state index in [1.165, 1.54) is 6.07 Å². The second-order valence-electron chi connectivity index (χ2n) is 5.26. The van der Waals surface area contributed by atoms with Crippen LogP contribution in [0.25, 0.3) is 21.9 Å². The third-order valence-electron chi connectivity index (χ3n) is 3.96. The SMILES string of the molecule is CN(c1ccccc1F)c1cccc2c1oc1ccccc12. The third-order valence-corrected chi connectivity index (χ3v) is 3.96. The van der Waals surface area contributed by atoms with Crippen LogP contribution in [0.15, 0.2) is 71.1 Å². The van der Waals surface area contributed by atoms with Crippen LogP contribution in [0.4, 0.5) is 15.8 Å². The van der Waals surface area contributed by atoms with E-state index in [-0.39, 0.29) is 5.82 Å². The first kappa shape index (κ1) is 12.9. The first-order chi connectivity index (χ1) is 10.8. The maximum Gasteiger partial charge on any atom is 0.159 e. The summed E-state index contributed by atoms with van der Waals surface area (Å²) in [6.07, 6.45) is 0. The predicted molar refractivity (Wildman–Crippen MR) is 88.2 cm³/mol. The predicted octanol–water partition coefficient (Wildman–Crippen LogP) is 5.49. The number of halogens is 1. The zero-order valence-corrected chi connectivity index (χ0v) is 12.1. The Morgan fingerprint density at radius 1 is 0.773 bits per heavy atom. The fraction of sp³-hybridized carbons (Fsp3) is 0.0526. The summed E-state index contributed by atoms with van der Waals surface area (Å²) in [5, 5.41) is 2.11. The van der Waals surface area contributed by atoms with Gasteiger partial charge in [0.2, 0.25) is 0 Å². The number of para-hydroxylation sites is 3. The molecule has 4 rings (SSSR count). The highest BCUT2D eigenvalue weighted by Crippen LogP contribution is 2.37. The molecule has 3 aromatic carbocycles. The van der Waals surface area contributed by atoms with Gasteiger partial charge in [-0.3, -0.25) is 0 Å². The number of rotatable bonds is 2. The number of furan rings is 1. The summed E-state index contributed by atoms with van der Waals surface area (Å²) in [6, 6.07) is 20.6. The van der Waals surface area contributed by atoms with Crippen LogP contribution in [0.1, 0.15) is 0 Å². The molecule has 0 unspecified atom stereocenters. The fourth-order valence-corrected chi connectivity index (χ4v) is 2.85. The summed E-state index contributed by atoms with van der Waals surface area (Å²) in [7, 11) is 1.85. The second kappa shape index (κ2) is 4.88. The normalized spacial score (nSPS) is 11.2. The third kappa shape index (κ3) is 1.86. The van der Waals surface area contributed by atoms with Crippen LogP contribution < -0.4 is 4.90 Å². The highest BCUT2D eigenvalue weighted by Gasteiger charge is 2.15. The molecule has 0 radical (unpaired) electrons. The number of benzene rings is 3. The standard InChI is InChI=1S/C19H14FNO/c1-21(16-10-4-3-9-15(16)20)17-11-6-8-14-13-7-2-5-12-18(13)22-19(14)17/h2-12H,1H3. The largest absolute Gasteiger partial charge is 0.454 e. The molecule has 0 aliphatic rings. The minimum atomic E-state index is -0.252. The van der Waals surface area contributed by atoms with Crippen molar-refractivity contribution in [2.75, 3.05) is 11.9 Å². The summed E-state index contributed by atoms with van der Waals surface area (Å²) in [4.78, 5) is 1.82. The van der Waals surface area contributed by atoms with Gasteiger partial charge in [0.15, 0.2) is 5.58 Å². The first-order valence-electron chi connectivity index (χ1n) is 7.14. The van der Waals surface area contributed by atoms with Crippen LogP contribution in [0.2, 0.25) is 0 Å². The topological polar surface area (TPSA) is 16.4 Å². The van der Waals surface area contributed by atoms with Crippen LogP contribution in [-0.2, 0) is 0 Å². The van der Waals surface area contributed by atoms with E-state index in [0.717, 1.165) is 27.6 Å². The van der Waals surface area contributed by atoms with Crippen molar-refractivity contribution in [3.05, 3.63) is 72.5 Å². The molecule has 2 nitrogen and oxygen atoms in total. The summed E-state index contributed by atoms with van der Waals surface area (Å²) in [5.74, 6) is -0.252. The van der Waals surface area contributed by atoms with Gasteiger partial charge in [-0.25, -0.2) is 4.39 Å². The molecule has 0 amide bonds. The Bertz CT molecular complexity index is 973. The van der Waals surface area contributed by atoms with Crippen molar-refractivity contribution in [2.45, 2.75) is 0 Å². The quantitative estimate of drug-likeness (QED) is 0.485. The average Bonchev–Trinajstić information content (AvgIpc) is 2.93. The van der Waals surface area contributed by atoms with Gasteiger partial charge in [-0.1, -0.05) is 42.5 Å². The number of anilines is 2. The molecular weight excluding hydrogens is 277 g/mol. The molecule has 1 aromatic heterocycles. The van der Waals surface area contributed by atoms with Crippen molar-refractivity contribution in [2.24, 2.45) is 0 Å². The van der Waals surface area contributed by atoms with E-state index < -0.39 is 0 Å². The molecule has 0 spiro atoms. The zero-order chi connectivity index (χ0) is 15.1. The monoisotopic (exact) mass is 291 g/mol. The molecule has 0 atom stereocenters. The Morgan fingerprint density at radius 3 is 2.32 bits per heavy atom. The number of nitrogens with zero attached hydrogens (tertiary/aromatic N) is 1. The van der Waals surface area contributed by atoms with E-state index in [2.05, 4.69) is 0 Å². The minimum absolute atomic E-state index is 0.252. The van der Waals surface area contributed by atoms with E-state index in [1.54, 1.807) is 12.1 Å². The lowest BCUT2D eigenvalue weighted by Crippen LogP contribution is -2.11. The lowest BCUT2D eigenvalue weighted by atomic mass is 10.1. The number of hydrogen-bond donors (Lipinski definition) is 0. The van der Waals surface area contributed by atoms with E-state index >= 15 is 0 Å². The molecule has 0 aliphatic heterocycles. The van der Waals surface area contributed by atoms with E-state index in [9.17, 15) is 4.39 Å². The second-order valence-corrected chi connectivity index (χ2v) is 5.26. The molecule has 0 fully saturated rings. The first-order valence-corrected chi connectivity index (χ1v) is 7.14. The van der Waals surface area contributed by atoms with Crippen LogP contribution in [-0.4, -0.2) is 7.05 Å². The molecule has 0 aliphatic carbocycles. The maximum absolute atomic E-state index is 14.1. The smallest absolute Gasteiger partial charge is 0.159 e. The van der Waals surface area contributed by atoms with Crippen molar-refractivity contribution < 1.29 is 8.81 Å². The molecule has 108 valence electrons. The molecule has 1 heterocycles. The van der Waals surface area contributed by atoms with Crippen molar-refractivity contribution in [3.63, 3.8) is 0 Å². The Labute approximate surface area is 127 Å². The van der Waals surface area contributed by atoms with Gasteiger partial charge in [-0.05, 0) is 24.3 Å². The summed E-state index contributed by atoms with van der Waals surface area (Å²) in [6.45, 7) is 0. The maximum atomic E-state index is 14.1. The molecule has 0 N–H and O–H groups in total. The minimum Gasteiger partial charge on any atom is -0.454 e. The summed E-state index contributed by atoms with van der Waals surface area (Å²) >= 11 is 0. The van der Waals surface area contributed by atoms with E-state index in [1.807, 2.05) is 60.5 Å². The summed E-state index contributed by atoms with van der Waals surface area (Å²) < 4.78 is 20.1. The van der Waals surface area contributed by atoms with E-state index in [4.69, 9.17) is 4.42 Å². The summed E-state index contributed by atoms with van der Waals surface area (Å²) in [5.41, 5.74) is 2.98. The van der Waals surface area contributed by atoms with Gasteiger partial charge < -0.3 is 9.32 Å². The van der Waals surface area contributed by atoms with Crippen molar-refractivity contribution in [3.8, 4) is 0 Å². The molecule has 0 bridgehead atoms. The number of hydrogen-bond acceptors (Lipinski definition) is 2. The molecule has 4 aromatic rings. The van der Waals surface area contributed by atoms with Crippen molar-refractivity contribution in [1.82, 2.24) is 0 Å². The van der Waals surface area contributed by atoms with Gasteiger partial charge in [0.05, 0.1) is 11.4 Å². The van der Waals surface area contributed by atoms with Crippen molar-refractivity contribution >= 4 is 33.3 Å². The van der Waals surface area contributed by atoms with Gasteiger partial charge in [0.25, 0.3) is 0 Å². The zero-order valence-electron chi connectivity index (χ0n) is 12.1. The van der Waals surface area contributed by atoms with Gasteiger partial charge in [0, 0.05) is 17.8 Å². The molecule has 3 heteroatoms. The Kier molecular flexibility index (Phi) is 2.86. The fourth-order valence-electron chi connectivity index (χ4n) is 2.85. The lowest BCUT2D eigenvalue weighted by molar-refractivity contribution is 0.627. The van der Waals surface area contributed by atoms with Crippen LogP contribution in [0.3, 0.4) is 0 Å². The van der Waals surface area contributed by atoms with E-state index in [0.29, 0.717) is 5.69 Å². The molecule has 0 saturated carbocycles.